The van der Waals surface area contributed by atoms with Crippen molar-refractivity contribution in [3.63, 3.8) is 0 Å². The molecule has 0 bridgehead atoms. The van der Waals surface area contributed by atoms with Gasteiger partial charge in [0.1, 0.15) is 11.5 Å². The molecule has 0 fully saturated rings. The molecule has 6 heteroatoms. The standard InChI is InChI=1S/C10H13N3O3/c1-15-9-2-4-10(5-3-9)16-7-8(6-14)12-13-11/h2-5,8,14H,6-7H2,1H3/t8-/m0/s1. The van der Waals surface area contributed by atoms with Gasteiger partial charge in [0.2, 0.25) is 0 Å². The second kappa shape index (κ2) is 6.55. The van der Waals surface area contributed by atoms with Gasteiger partial charge in [0.25, 0.3) is 0 Å². The molecule has 1 aromatic rings. The van der Waals surface area contributed by atoms with E-state index in [4.69, 9.17) is 20.1 Å². The van der Waals surface area contributed by atoms with Crippen molar-refractivity contribution in [2.75, 3.05) is 20.3 Å². The number of benzene rings is 1. The lowest BCUT2D eigenvalue weighted by molar-refractivity contribution is 0.206. The molecule has 6 nitrogen and oxygen atoms in total. The summed E-state index contributed by atoms with van der Waals surface area (Å²) in [7, 11) is 1.58. The highest BCUT2D eigenvalue weighted by Crippen LogP contribution is 2.17. The number of aliphatic hydroxyl groups excluding tert-OH is 1. The maximum absolute atomic E-state index is 8.85. The molecule has 0 aromatic heterocycles. The van der Waals surface area contributed by atoms with E-state index in [1.807, 2.05) is 0 Å². The van der Waals surface area contributed by atoms with Crippen LogP contribution in [0, 0.1) is 0 Å². The number of rotatable bonds is 6. The molecule has 1 atom stereocenters. The SMILES string of the molecule is COc1ccc(OC[C@H](CO)N=[N+]=[N-])cc1. The first kappa shape index (κ1) is 12.2. The number of methoxy groups -OCH3 is 1. The van der Waals surface area contributed by atoms with Gasteiger partial charge >= 0.3 is 0 Å². The molecule has 0 unspecified atom stereocenters. The summed E-state index contributed by atoms with van der Waals surface area (Å²) in [6.07, 6.45) is 0. The third-order valence-corrected chi connectivity index (χ3v) is 1.93. The molecule has 1 rings (SSSR count). The van der Waals surface area contributed by atoms with E-state index in [0.717, 1.165) is 5.75 Å². The predicted molar refractivity (Wildman–Crippen MR) is 58.5 cm³/mol. The van der Waals surface area contributed by atoms with Gasteiger partial charge in [-0.25, -0.2) is 0 Å². The Morgan fingerprint density at radius 3 is 2.50 bits per heavy atom. The van der Waals surface area contributed by atoms with Crippen LogP contribution in [0.25, 0.3) is 10.4 Å². The van der Waals surface area contributed by atoms with Crippen LogP contribution in [0.15, 0.2) is 29.4 Å². The van der Waals surface area contributed by atoms with Crippen molar-refractivity contribution in [1.29, 1.82) is 0 Å². The Bertz CT molecular complexity index is 360. The summed E-state index contributed by atoms with van der Waals surface area (Å²) < 4.78 is 10.3. The Hall–Kier alpha value is -1.91. The first-order valence-corrected chi connectivity index (χ1v) is 4.72. The average Bonchev–Trinajstić information content (AvgIpc) is 2.35. The predicted octanol–water partition coefficient (Wildman–Crippen LogP) is 1.75. The van der Waals surface area contributed by atoms with Crippen LogP contribution in [0.2, 0.25) is 0 Å². The van der Waals surface area contributed by atoms with E-state index < -0.39 is 6.04 Å². The molecule has 0 heterocycles. The fraction of sp³-hybridized carbons (Fsp3) is 0.400. The van der Waals surface area contributed by atoms with Crippen molar-refractivity contribution in [3.8, 4) is 11.5 Å². The smallest absolute Gasteiger partial charge is 0.119 e. The summed E-state index contributed by atoms with van der Waals surface area (Å²) in [5.74, 6) is 1.37. The van der Waals surface area contributed by atoms with Crippen LogP contribution in [-0.2, 0) is 0 Å². The number of ether oxygens (including phenoxy) is 2. The summed E-state index contributed by atoms with van der Waals surface area (Å²) in [6, 6.07) is 6.44. The maximum atomic E-state index is 8.85. The molecule has 1 N–H and O–H groups in total. The minimum absolute atomic E-state index is 0.146. The van der Waals surface area contributed by atoms with Gasteiger partial charge in [-0.05, 0) is 29.8 Å². The van der Waals surface area contributed by atoms with E-state index in [1.54, 1.807) is 31.4 Å². The van der Waals surface area contributed by atoms with Crippen LogP contribution in [0.3, 0.4) is 0 Å². The minimum Gasteiger partial charge on any atom is -0.497 e. The Morgan fingerprint density at radius 2 is 2.00 bits per heavy atom. The monoisotopic (exact) mass is 223 g/mol. The highest BCUT2D eigenvalue weighted by atomic mass is 16.5. The van der Waals surface area contributed by atoms with Crippen LogP contribution in [0.5, 0.6) is 11.5 Å². The second-order valence-corrected chi connectivity index (χ2v) is 3.03. The number of aliphatic hydroxyl groups is 1. The zero-order valence-corrected chi connectivity index (χ0v) is 8.91. The fourth-order valence-corrected chi connectivity index (χ4v) is 1.06. The van der Waals surface area contributed by atoms with Gasteiger partial charge in [-0.1, -0.05) is 5.11 Å². The Kier molecular flexibility index (Phi) is 4.98. The molecular formula is C10H13N3O3. The Morgan fingerprint density at radius 1 is 1.38 bits per heavy atom. The lowest BCUT2D eigenvalue weighted by Crippen LogP contribution is -2.19. The van der Waals surface area contributed by atoms with Crippen LogP contribution in [-0.4, -0.2) is 31.5 Å². The molecule has 0 radical (unpaired) electrons. The van der Waals surface area contributed by atoms with Crippen molar-refractivity contribution >= 4 is 0 Å². The zero-order valence-electron chi connectivity index (χ0n) is 8.91. The van der Waals surface area contributed by atoms with Crippen molar-refractivity contribution in [2.24, 2.45) is 5.11 Å². The van der Waals surface area contributed by atoms with Gasteiger partial charge < -0.3 is 14.6 Å². The van der Waals surface area contributed by atoms with Crippen LogP contribution < -0.4 is 9.47 Å². The summed E-state index contributed by atoms with van der Waals surface area (Å²) in [5.41, 5.74) is 8.21. The fourth-order valence-electron chi connectivity index (χ4n) is 1.06. The highest BCUT2D eigenvalue weighted by molar-refractivity contribution is 5.31. The van der Waals surface area contributed by atoms with Gasteiger partial charge in [0, 0.05) is 4.91 Å². The summed E-state index contributed by atoms with van der Waals surface area (Å²) in [4.78, 5) is 2.61. The van der Waals surface area contributed by atoms with Gasteiger partial charge in [-0.2, -0.15) is 0 Å². The first-order valence-electron chi connectivity index (χ1n) is 4.72. The van der Waals surface area contributed by atoms with Crippen LogP contribution >= 0.6 is 0 Å². The number of azide groups is 1. The molecule has 1 aromatic carbocycles. The van der Waals surface area contributed by atoms with Gasteiger partial charge in [0.05, 0.1) is 26.4 Å². The summed E-state index contributed by atoms with van der Waals surface area (Å²) >= 11 is 0. The largest absolute Gasteiger partial charge is 0.497 e. The van der Waals surface area contributed by atoms with E-state index in [1.165, 1.54) is 0 Å². The van der Waals surface area contributed by atoms with Crippen LogP contribution in [0.4, 0.5) is 0 Å². The first-order chi connectivity index (χ1) is 7.80. The second-order valence-electron chi connectivity index (χ2n) is 3.03. The lowest BCUT2D eigenvalue weighted by Gasteiger charge is -2.10. The highest BCUT2D eigenvalue weighted by Gasteiger charge is 2.05. The molecule has 0 saturated carbocycles. The van der Waals surface area contributed by atoms with Crippen molar-refractivity contribution < 1.29 is 14.6 Å². The molecule has 0 amide bonds. The molecule has 86 valence electrons. The third-order valence-electron chi connectivity index (χ3n) is 1.93. The molecular weight excluding hydrogens is 210 g/mol. The van der Waals surface area contributed by atoms with E-state index >= 15 is 0 Å². The molecule has 0 spiro atoms. The molecule has 0 aliphatic heterocycles. The third kappa shape index (κ3) is 3.68. The quantitative estimate of drug-likeness (QED) is 0.452. The Labute approximate surface area is 93.0 Å². The number of hydrogen-bond donors (Lipinski definition) is 1. The molecule has 0 aliphatic rings. The van der Waals surface area contributed by atoms with Gasteiger partial charge in [-0.15, -0.1) is 0 Å². The number of hydrogen-bond acceptors (Lipinski definition) is 4. The van der Waals surface area contributed by atoms with E-state index in [9.17, 15) is 0 Å². The topological polar surface area (TPSA) is 87.5 Å². The van der Waals surface area contributed by atoms with E-state index in [0.29, 0.717) is 5.75 Å². The Balaban J connectivity index is 2.50. The zero-order chi connectivity index (χ0) is 11.8. The van der Waals surface area contributed by atoms with Crippen LogP contribution in [0.1, 0.15) is 0 Å². The average molecular weight is 223 g/mol. The summed E-state index contributed by atoms with van der Waals surface area (Å²) in [6.45, 7) is -0.0902. The normalized spacial score (nSPS) is 11.4. The van der Waals surface area contributed by atoms with Gasteiger partial charge in [0.15, 0.2) is 0 Å². The van der Waals surface area contributed by atoms with E-state index in [-0.39, 0.29) is 13.2 Å². The van der Waals surface area contributed by atoms with E-state index in [2.05, 4.69) is 10.0 Å². The van der Waals surface area contributed by atoms with Crippen molar-refractivity contribution in [2.45, 2.75) is 6.04 Å². The number of nitrogens with zero attached hydrogens (tertiary/aromatic N) is 3. The van der Waals surface area contributed by atoms with Gasteiger partial charge in [-0.3, -0.25) is 0 Å². The molecule has 0 aliphatic carbocycles. The van der Waals surface area contributed by atoms with Crippen molar-refractivity contribution in [3.05, 3.63) is 34.7 Å². The molecule has 0 saturated heterocycles. The van der Waals surface area contributed by atoms with Crippen molar-refractivity contribution in [1.82, 2.24) is 0 Å². The minimum atomic E-state index is -0.563. The molecule has 16 heavy (non-hydrogen) atoms. The lowest BCUT2D eigenvalue weighted by atomic mass is 10.3. The summed E-state index contributed by atoms with van der Waals surface area (Å²) in [5, 5.41) is 12.2. The maximum Gasteiger partial charge on any atom is 0.119 e.